The van der Waals surface area contributed by atoms with E-state index in [9.17, 15) is 0 Å². The SMILES string of the molecule is C=C(C)/C=C(\C=C/N)c1ccc(OC(C)C)cc1. The molecule has 0 saturated carbocycles. The highest BCUT2D eigenvalue weighted by Gasteiger charge is 2.01. The fourth-order valence-corrected chi connectivity index (χ4v) is 1.59. The highest BCUT2D eigenvalue weighted by molar-refractivity contribution is 5.76. The van der Waals surface area contributed by atoms with Gasteiger partial charge in [0.25, 0.3) is 0 Å². The predicted molar refractivity (Wildman–Crippen MR) is 78.3 cm³/mol. The van der Waals surface area contributed by atoms with Gasteiger partial charge in [0.2, 0.25) is 0 Å². The van der Waals surface area contributed by atoms with Crippen LogP contribution in [0.2, 0.25) is 0 Å². The van der Waals surface area contributed by atoms with E-state index < -0.39 is 0 Å². The average Bonchev–Trinajstić information content (AvgIpc) is 2.28. The lowest BCUT2D eigenvalue weighted by atomic mass is 10.0. The largest absolute Gasteiger partial charge is 0.491 e. The summed E-state index contributed by atoms with van der Waals surface area (Å²) in [6.07, 6.45) is 5.59. The van der Waals surface area contributed by atoms with Gasteiger partial charge in [-0.05, 0) is 56.3 Å². The third kappa shape index (κ3) is 4.50. The van der Waals surface area contributed by atoms with E-state index in [0.717, 1.165) is 22.5 Å². The minimum Gasteiger partial charge on any atom is -0.491 e. The Morgan fingerprint density at radius 2 is 1.89 bits per heavy atom. The maximum absolute atomic E-state index is 5.61. The molecule has 1 rings (SSSR count). The van der Waals surface area contributed by atoms with Crippen molar-refractivity contribution in [2.24, 2.45) is 5.73 Å². The third-order valence-corrected chi connectivity index (χ3v) is 2.24. The zero-order valence-electron chi connectivity index (χ0n) is 11.3. The molecule has 0 heterocycles. The molecule has 18 heavy (non-hydrogen) atoms. The fourth-order valence-electron chi connectivity index (χ4n) is 1.59. The first-order valence-electron chi connectivity index (χ1n) is 6.05. The molecular formula is C16H21NO. The summed E-state index contributed by atoms with van der Waals surface area (Å²) >= 11 is 0. The second-order valence-electron chi connectivity index (χ2n) is 4.50. The van der Waals surface area contributed by atoms with Crippen molar-refractivity contribution in [1.29, 1.82) is 0 Å². The maximum Gasteiger partial charge on any atom is 0.119 e. The van der Waals surface area contributed by atoms with Gasteiger partial charge in [-0.1, -0.05) is 30.4 Å². The smallest absolute Gasteiger partial charge is 0.119 e. The molecule has 0 aliphatic heterocycles. The van der Waals surface area contributed by atoms with Crippen LogP contribution in [0.1, 0.15) is 26.3 Å². The van der Waals surface area contributed by atoms with Gasteiger partial charge in [-0.2, -0.15) is 0 Å². The zero-order valence-corrected chi connectivity index (χ0v) is 11.3. The molecule has 0 atom stereocenters. The Balaban J connectivity index is 2.97. The van der Waals surface area contributed by atoms with Crippen molar-refractivity contribution in [1.82, 2.24) is 0 Å². The van der Waals surface area contributed by atoms with E-state index in [1.807, 2.05) is 57.2 Å². The van der Waals surface area contributed by atoms with Crippen LogP contribution in [0.4, 0.5) is 0 Å². The van der Waals surface area contributed by atoms with Crippen LogP contribution >= 0.6 is 0 Å². The quantitative estimate of drug-likeness (QED) is 0.796. The monoisotopic (exact) mass is 243 g/mol. The van der Waals surface area contributed by atoms with Crippen molar-refractivity contribution in [2.75, 3.05) is 0 Å². The number of rotatable bonds is 5. The molecule has 0 saturated heterocycles. The molecule has 0 aromatic heterocycles. The number of hydrogen-bond acceptors (Lipinski definition) is 2. The van der Waals surface area contributed by atoms with Crippen LogP contribution in [0.15, 0.2) is 54.8 Å². The molecule has 96 valence electrons. The lowest BCUT2D eigenvalue weighted by Crippen LogP contribution is -2.05. The Morgan fingerprint density at radius 1 is 1.28 bits per heavy atom. The molecule has 1 aromatic rings. The summed E-state index contributed by atoms with van der Waals surface area (Å²) in [5.41, 5.74) is 8.59. The van der Waals surface area contributed by atoms with Gasteiger partial charge in [0.1, 0.15) is 5.75 Å². The summed E-state index contributed by atoms with van der Waals surface area (Å²) in [7, 11) is 0. The van der Waals surface area contributed by atoms with Gasteiger partial charge in [-0.15, -0.1) is 0 Å². The first-order chi connectivity index (χ1) is 8.52. The molecule has 0 amide bonds. The molecule has 0 aliphatic carbocycles. The first kappa shape index (κ1) is 14.1. The van der Waals surface area contributed by atoms with Crippen LogP contribution < -0.4 is 10.5 Å². The molecule has 0 fully saturated rings. The van der Waals surface area contributed by atoms with Crippen LogP contribution in [0, 0.1) is 0 Å². The lowest BCUT2D eigenvalue weighted by molar-refractivity contribution is 0.242. The number of nitrogens with two attached hydrogens (primary N) is 1. The predicted octanol–water partition coefficient (Wildman–Crippen LogP) is 3.91. The number of hydrogen-bond donors (Lipinski definition) is 1. The van der Waals surface area contributed by atoms with Crippen LogP contribution in [-0.2, 0) is 0 Å². The fraction of sp³-hybridized carbons (Fsp3) is 0.250. The Labute approximate surface area is 109 Å². The second kappa shape index (κ2) is 6.70. The van der Waals surface area contributed by atoms with E-state index in [1.54, 1.807) is 0 Å². The molecule has 2 nitrogen and oxygen atoms in total. The van der Waals surface area contributed by atoms with Gasteiger partial charge >= 0.3 is 0 Å². The van der Waals surface area contributed by atoms with Gasteiger partial charge in [-0.3, -0.25) is 0 Å². The van der Waals surface area contributed by atoms with Crippen molar-refractivity contribution in [3.05, 3.63) is 60.3 Å². The summed E-state index contributed by atoms with van der Waals surface area (Å²) < 4.78 is 5.61. The van der Waals surface area contributed by atoms with Crippen molar-refractivity contribution in [2.45, 2.75) is 26.9 Å². The average molecular weight is 243 g/mol. The minimum absolute atomic E-state index is 0.185. The number of ether oxygens (including phenoxy) is 1. The Morgan fingerprint density at radius 3 is 2.33 bits per heavy atom. The Bertz CT molecular complexity index is 452. The standard InChI is InChI=1S/C16H21NO/c1-12(2)11-15(9-10-17)14-5-7-16(8-6-14)18-13(3)4/h5-11,13H,1,17H2,2-4H3/b10-9-,15-11+. The van der Waals surface area contributed by atoms with E-state index in [4.69, 9.17) is 10.5 Å². The van der Waals surface area contributed by atoms with Gasteiger partial charge < -0.3 is 10.5 Å². The van der Waals surface area contributed by atoms with Crippen molar-refractivity contribution in [3.63, 3.8) is 0 Å². The second-order valence-corrected chi connectivity index (χ2v) is 4.50. The molecule has 0 unspecified atom stereocenters. The molecule has 2 N–H and O–H groups in total. The van der Waals surface area contributed by atoms with E-state index in [0.29, 0.717) is 0 Å². The number of benzene rings is 1. The first-order valence-corrected chi connectivity index (χ1v) is 6.05. The maximum atomic E-state index is 5.61. The third-order valence-electron chi connectivity index (χ3n) is 2.24. The molecule has 2 heteroatoms. The Hall–Kier alpha value is -1.96. The van der Waals surface area contributed by atoms with Crippen molar-refractivity contribution >= 4 is 5.57 Å². The van der Waals surface area contributed by atoms with Crippen molar-refractivity contribution < 1.29 is 4.74 Å². The van der Waals surface area contributed by atoms with Gasteiger partial charge in [0.05, 0.1) is 6.10 Å². The van der Waals surface area contributed by atoms with Gasteiger partial charge in [0, 0.05) is 0 Å². The summed E-state index contributed by atoms with van der Waals surface area (Å²) in [4.78, 5) is 0. The lowest BCUT2D eigenvalue weighted by Gasteiger charge is -2.10. The van der Waals surface area contributed by atoms with E-state index in [-0.39, 0.29) is 6.10 Å². The van der Waals surface area contributed by atoms with Gasteiger partial charge in [-0.25, -0.2) is 0 Å². The highest BCUT2D eigenvalue weighted by Crippen LogP contribution is 2.21. The van der Waals surface area contributed by atoms with Gasteiger partial charge in [0.15, 0.2) is 0 Å². The highest BCUT2D eigenvalue weighted by atomic mass is 16.5. The molecular weight excluding hydrogens is 222 g/mol. The molecule has 0 bridgehead atoms. The van der Waals surface area contributed by atoms with Crippen molar-refractivity contribution in [3.8, 4) is 5.75 Å². The normalized spacial score (nSPS) is 12.1. The molecule has 0 spiro atoms. The molecule has 0 aliphatic rings. The summed E-state index contributed by atoms with van der Waals surface area (Å²) in [6.45, 7) is 9.87. The molecule has 1 aromatic carbocycles. The van der Waals surface area contributed by atoms with Crippen LogP contribution in [-0.4, -0.2) is 6.10 Å². The van der Waals surface area contributed by atoms with E-state index in [2.05, 4.69) is 6.58 Å². The van der Waals surface area contributed by atoms with E-state index >= 15 is 0 Å². The van der Waals surface area contributed by atoms with Crippen LogP contribution in [0.5, 0.6) is 5.75 Å². The summed E-state index contributed by atoms with van der Waals surface area (Å²) in [6, 6.07) is 7.97. The zero-order chi connectivity index (χ0) is 13.5. The molecule has 0 radical (unpaired) electrons. The topological polar surface area (TPSA) is 35.2 Å². The van der Waals surface area contributed by atoms with Crippen LogP contribution in [0.3, 0.4) is 0 Å². The summed E-state index contributed by atoms with van der Waals surface area (Å²) in [5, 5.41) is 0. The number of allylic oxidation sites excluding steroid dienone is 4. The minimum atomic E-state index is 0.185. The summed E-state index contributed by atoms with van der Waals surface area (Å²) in [5.74, 6) is 0.875. The van der Waals surface area contributed by atoms with Crippen LogP contribution in [0.25, 0.3) is 5.57 Å². The Kier molecular flexibility index (Phi) is 5.25. The van der Waals surface area contributed by atoms with E-state index in [1.165, 1.54) is 6.20 Å².